The Bertz CT molecular complexity index is 2740. The summed E-state index contributed by atoms with van der Waals surface area (Å²) in [6.07, 6.45) is -0.349. The summed E-state index contributed by atoms with van der Waals surface area (Å²) >= 11 is 0. The molecule has 3 nitrogen and oxygen atoms in total. The van der Waals surface area contributed by atoms with Gasteiger partial charge in [0.15, 0.2) is 0 Å². The highest BCUT2D eigenvalue weighted by atomic mass is 14.8. The van der Waals surface area contributed by atoms with Gasteiger partial charge in [-0.15, -0.1) is 0 Å². The Labute approximate surface area is 272 Å². The van der Waals surface area contributed by atoms with Crippen LogP contribution in [0.5, 0.6) is 0 Å². The lowest BCUT2D eigenvalue weighted by Gasteiger charge is -2.18. The minimum atomic E-state index is -0.368. The van der Waals surface area contributed by atoms with E-state index in [1.807, 2.05) is 30.3 Å². The predicted octanol–water partition coefficient (Wildman–Crippen LogP) is 11.2. The summed E-state index contributed by atoms with van der Waals surface area (Å²) in [7, 11) is 0. The molecule has 0 aliphatic carbocycles. The van der Waals surface area contributed by atoms with E-state index < -0.39 is 0 Å². The molecule has 3 aromatic heterocycles. The van der Waals surface area contributed by atoms with Crippen LogP contribution in [0.4, 0.5) is 0 Å². The Hall–Kier alpha value is -6.19. The minimum Gasteiger partial charge on any atom is -0.255 e. The van der Waals surface area contributed by atoms with Crippen LogP contribution in [-0.2, 0) is 0 Å². The smallest absolute Gasteiger partial charge is 0.0973 e. The molecule has 0 saturated carbocycles. The van der Waals surface area contributed by atoms with Crippen LogP contribution in [0.25, 0.3) is 88.2 Å². The third-order valence-electron chi connectivity index (χ3n) is 8.69. The van der Waals surface area contributed by atoms with Crippen LogP contribution in [0.1, 0.15) is 5.48 Å². The molecule has 9 rings (SSSR count). The first-order valence-corrected chi connectivity index (χ1v) is 15.2. The lowest BCUT2D eigenvalue weighted by Crippen LogP contribution is -1.92. The molecule has 9 aromatic rings. The van der Waals surface area contributed by atoms with Crippen molar-refractivity contribution in [2.75, 3.05) is 0 Å². The van der Waals surface area contributed by atoms with E-state index in [2.05, 4.69) is 108 Å². The number of rotatable bonds is 4. The number of nitrogens with zero attached hydrogens (tertiary/aromatic N) is 3. The topological polar surface area (TPSA) is 38.7 Å². The number of hydrogen-bond donors (Lipinski definition) is 0. The van der Waals surface area contributed by atoms with Crippen molar-refractivity contribution in [2.24, 2.45) is 0 Å². The monoisotopic (exact) mass is 589 g/mol. The molecule has 0 atom stereocenters. The van der Waals surface area contributed by atoms with Gasteiger partial charge < -0.3 is 0 Å². The van der Waals surface area contributed by atoms with E-state index in [-0.39, 0.29) is 30.0 Å². The van der Waals surface area contributed by atoms with Crippen molar-refractivity contribution >= 4 is 43.4 Å². The van der Waals surface area contributed by atoms with E-state index in [0.29, 0.717) is 16.7 Å². The highest BCUT2D eigenvalue weighted by Gasteiger charge is 2.16. The van der Waals surface area contributed by atoms with E-state index in [1.54, 1.807) is 6.07 Å². The normalized spacial score (nSPS) is 12.7. The first-order valence-electron chi connectivity index (χ1n) is 17.2. The van der Waals surface area contributed by atoms with E-state index in [0.717, 1.165) is 27.6 Å². The SMILES string of the molecule is [2H]c1nc(-c2ccc3ccc4ccc(-c5ccc(-c6c7ccccc7c(-c7ccccc7)c7ccccc67)cc5)nc4c3n2)c([2H])c([2H])c1[2H]. The van der Waals surface area contributed by atoms with Gasteiger partial charge in [-0.05, 0) is 68.0 Å². The summed E-state index contributed by atoms with van der Waals surface area (Å²) in [5.41, 5.74) is 8.36. The molecule has 0 amide bonds. The zero-order valence-electron chi connectivity index (χ0n) is 28.6. The van der Waals surface area contributed by atoms with Crippen LogP contribution in [0, 0.1) is 0 Å². The molecule has 3 heteroatoms. The van der Waals surface area contributed by atoms with Gasteiger partial charge in [-0.25, -0.2) is 9.97 Å². The molecule has 214 valence electrons. The van der Waals surface area contributed by atoms with Crippen molar-refractivity contribution in [3.8, 4) is 44.9 Å². The standard InChI is InChI=1S/C43H27N3/c1-2-10-29(11-3-1)40-33-12-4-6-14-35(33)41(36-15-7-5-13-34(36)40)30-19-17-28(18-20-30)37-25-23-31-21-22-32-24-26-39(38-16-8-9-27-44-38)46-43(32)42(31)45-37/h1-27H/i8D,9D,16D,27D. The Kier molecular flexibility index (Phi) is 5.22. The van der Waals surface area contributed by atoms with Crippen LogP contribution in [0.2, 0.25) is 0 Å². The van der Waals surface area contributed by atoms with Gasteiger partial charge in [0.2, 0.25) is 0 Å². The second-order valence-electron chi connectivity index (χ2n) is 11.3. The Morgan fingerprint density at radius 2 is 0.870 bits per heavy atom. The molecular weight excluding hydrogens is 558 g/mol. The second kappa shape index (κ2) is 10.8. The highest BCUT2D eigenvalue weighted by Crippen LogP contribution is 2.43. The molecule has 0 bridgehead atoms. The van der Waals surface area contributed by atoms with Crippen molar-refractivity contribution < 1.29 is 5.48 Å². The van der Waals surface area contributed by atoms with Crippen LogP contribution in [0.3, 0.4) is 0 Å². The van der Waals surface area contributed by atoms with Crippen LogP contribution in [-0.4, -0.2) is 15.0 Å². The fourth-order valence-corrected chi connectivity index (χ4v) is 6.57. The van der Waals surface area contributed by atoms with Gasteiger partial charge in [-0.3, -0.25) is 4.98 Å². The van der Waals surface area contributed by atoms with Crippen molar-refractivity contribution in [1.82, 2.24) is 15.0 Å². The van der Waals surface area contributed by atoms with E-state index in [9.17, 15) is 0 Å². The lowest BCUT2D eigenvalue weighted by atomic mass is 9.86. The van der Waals surface area contributed by atoms with Gasteiger partial charge in [0, 0.05) is 22.5 Å². The third-order valence-corrected chi connectivity index (χ3v) is 8.69. The molecule has 3 heterocycles. The Morgan fingerprint density at radius 1 is 0.391 bits per heavy atom. The average Bonchev–Trinajstić information content (AvgIpc) is 3.17. The van der Waals surface area contributed by atoms with Gasteiger partial charge in [0.25, 0.3) is 0 Å². The quantitative estimate of drug-likeness (QED) is 0.151. The maximum Gasteiger partial charge on any atom is 0.0973 e. The summed E-state index contributed by atoms with van der Waals surface area (Å²) in [4.78, 5) is 14.1. The van der Waals surface area contributed by atoms with Crippen molar-refractivity contribution in [3.63, 3.8) is 0 Å². The van der Waals surface area contributed by atoms with Gasteiger partial charge in [-0.1, -0.05) is 133 Å². The first-order chi connectivity index (χ1) is 24.5. The second-order valence-corrected chi connectivity index (χ2v) is 11.3. The average molecular weight is 590 g/mol. The van der Waals surface area contributed by atoms with Crippen LogP contribution < -0.4 is 0 Å². The van der Waals surface area contributed by atoms with Gasteiger partial charge in [0.1, 0.15) is 0 Å². The van der Waals surface area contributed by atoms with Crippen LogP contribution in [0.15, 0.2) is 164 Å². The molecule has 0 aliphatic heterocycles. The molecule has 0 saturated heterocycles. The Morgan fingerprint density at radius 3 is 1.48 bits per heavy atom. The largest absolute Gasteiger partial charge is 0.255 e. The molecular formula is C43H27N3. The molecule has 0 fully saturated rings. The number of fused-ring (bicyclic) bond motifs is 5. The van der Waals surface area contributed by atoms with Gasteiger partial charge >= 0.3 is 0 Å². The third kappa shape index (κ3) is 4.33. The van der Waals surface area contributed by atoms with Crippen molar-refractivity contribution in [3.05, 3.63) is 164 Å². The van der Waals surface area contributed by atoms with Crippen molar-refractivity contribution in [1.29, 1.82) is 0 Å². The molecule has 0 radical (unpaired) electrons. The van der Waals surface area contributed by atoms with Gasteiger partial charge in [0.05, 0.1) is 33.6 Å². The zero-order chi connectivity index (χ0) is 33.9. The van der Waals surface area contributed by atoms with E-state index in [4.69, 9.17) is 15.5 Å². The first kappa shape index (κ1) is 22.3. The van der Waals surface area contributed by atoms with E-state index in [1.165, 1.54) is 38.2 Å². The zero-order valence-corrected chi connectivity index (χ0v) is 24.6. The Balaban J connectivity index is 1.17. The summed E-state index contributed by atoms with van der Waals surface area (Å²) in [5.74, 6) is 0. The predicted molar refractivity (Wildman–Crippen MR) is 192 cm³/mol. The van der Waals surface area contributed by atoms with E-state index >= 15 is 0 Å². The lowest BCUT2D eigenvalue weighted by molar-refractivity contribution is 1.27. The number of pyridine rings is 3. The van der Waals surface area contributed by atoms with Crippen LogP contribution >= 0.6 is 0 Å². The summed E-state index contributed by atoms with van der Waals surface area (Å²) in [6.45, 7) is 0. The molecule has 0 unspecified atom stereocenters. The maximum atomic E-state index is 8.40. The van der Waals surface area contributed by atoms with Gasteiger partial charge in [-0.2, -0.15) is 0 Å². The molecule has 0 aliphatic rings. The fraction of sp³-hybridized carbons (Fsp3) is 0. The number of aromatic nitrogens is 3. The number of hydrogen-bond acceptors (Lipinski definition) is 3. The maximum absolute atomic E-state index is 8.40. The van der Waals surface area contributed by atoms with Crippen molar-refractivity contribution in [2.45, 2.75) is 0 Å². The molecule has 46 heavy (non-hydrogen) atoms. The summed E-state index contributed by atoms with van der Waals surface area (Å²) < 4.78 is 32.4. The summed E-state index contributed by atoms with van der Waals surface area (Å²) in [6, 6.07) is 47.2. The molecule has 0 N–H and O–H groups in total. The summed E-state index contributed by atoms with van der Waals surface area (Å²) in [5, 5.41) is 6.63. The molecule has 0 spiro atoms. The number of benzene rings is 6. The fourth-order valence-electron chi connectivity index (χ4n) is 6.57. The molecule has 6 aromatic carbocycles. The minimum absolute atomic E-state index is 0.110. The highest BCUT2D eigenvalue weighted by molar-refractivity contribution is 6.21.